The predicted octanol–water partition coefficient (Wildman–Crippen LogP) is 2.47. The number of ether oxygens (including phenoxy) is 2. The second-order valence-electron chi connectivity index (χ2n) is 3.06. The van der Waals surface area contributed by atoms with E-state index in [0.29, 0.717) is 23.9 Å². The van der Waals surface area contributed by atoms with E-state index in [1.807, 2.05) is 20.0 Å². The molecule has 0 aliphatic heterocycles. The minimum atomic E-state index is 0.608. The number of hydrogen-bond acceptors (Lipinski definition) is 3. The molecule has 0 saturated carbocycles. The molecule has 0 aromatic heterocycles. The lowest BCUT2D eigenvalue weighted by molar-refractivity contribution is 0.310. The third kappa shape index (κ3) is 3.01. The van der Waals surface area contributed by atoms with E-state index in [9.17, 15) is 0 Å². The molecule has 0 spiro atoms. The fraction of sp³-hybridized carbons (Fsp3) is 0.455. The van der Waals surface area contributed by atoms with Crippen LogP contribution in [-0.4, -0.2) is 20.8 Å². The third-order valence-corrected chi connectivity index (χ3v) is 2.35. The molecule has 0 fully saturated rings. The third-order valence-electron chi connectivity index (χ3n) is 2.00. The van der Waals surface area contributed by atoms with Crippen molar-refractivity contribution in [2.75, 3.05) is 20.8 Å². The maximum Gasteiger partial charge on any atom is 0.162 e. The van der Waals surface area contributed by atoms with Crippen LogP contribution in [0.15, 0.2) is 12.1 Å². The van der Waals surface area contributed by atoms with Crippen LogP contribution in [0.25, 0.3) is 0 Å². The monoisotopic (exact) mass is 229 g/mol. The lowest BCUT2D eigenvalue weighted by Gasteiger charge is -2.12. The fourth-order valence-corrected chi connectivity index (χ4v) is 1.55. The average Bonchev–Trinajstić information content (AvgIpc) is 2.23. The van der Waals surface area contributed by atoms with Crippen LogP contribution in [-0.2, 0) is 6.54 Å². The Morgan fingerprint density at radius 2 is 2.07 bits per heavy atom. The van der Waals surface area contributed by atoms with Gasteiger partial charge in [-0.1, -0.05) is 11.6 Å². The Hall–Kier alpha value is -0.930. The lowest BCUT2D eigenvalue weighted by Crippen LogP contribution is -2.06. The topological polar surface area (TPSA) is 30.5 Å². The summed E-state index contributed by atoms with van der Waals surface area (Å²) < 4.78 is 10.6. The number of benzene rings is 1. The van der Waals surface area contributed by atoms with E-state index in [0.717, 1.165) is 11.3 Å². The van der Waals surface area contributed by atoms with E-state index in [1.54, 1.807) is 13.2 Å². The molecule has 0 aliphatic carbocycles. The molecule has 15 heavy (non-hydrogen) atoms. The second kappa shape index (κ2) is 5.83. The highest BCUT2D eigenvalue weighted by Crippen LogP contribution is 2.33. The van der Waals surface area contributed by atoms with E-state index >= 15 is 0 Å². The number of methoxy groups -OCH3 is 1. The van der Waals surface area contributed by atoms with Gasteiger partial charge in [0.1, 0.15) is 0 Å². The molecule has 1 aromatic carbocycles. The van der Waals surface area contributed by atoms with E-state index in [2.05, 4.69) is 5.32 Å². The Balaban J connectivity index is 3.05. The molecule has 0 radical (unpaired) electrons. The van der Waals surface area contributed by atoms with Gasteiger partial charge in [-0.2, -0.15) is 0 Å². The SMILES string of the molecule is CCOc1cc(CNC)c(Cl)cc1OC. The summed E-state index contributed by atoms with van der Waals surface area (Å²) in [6.45, 7) is 3.26. The highest BCUT2D eigenvalue weighted by atomic mass is 35.5. The minimum Gasteiger partial charge on any atom is -0.493 e. The van der Waals surface area contributed by atoms with Crippen LogP contribution < -0.4 is 14.8 Å². The van der Waals surface area contributed by atoms with E-state index in [1.165, 1.54) is 0 Å². The summed E-state index contributed by atoms with van der Waals surface area (Å²) in [4.78, 5) is 0. The van der Waals surface area contributed by atoms with Gasteiger partial charge in [0, 0.05) is 17.6 Å². The molecule has 84 valence electrons. The van der Waals surface area contributed by atoms with Gasteiger partial charge in [0.15, 0.2) is 11.5 Å². The number of nitrogens with one attached hydrogen (secondary N) is 1. The molecule has 0 unspecified atom stereocenters. The van der Waals surface area contributed by atoms with Crippen LogP contribution in [0.4, 0.5) is 0 Å². The number of halogens is 1. The molecule has 1 N–H and O–H groups in total. The zero-order valence-corrected chi connectivity index (χ0v) is 10.0. The normalized spacial score (nSPS) is 10.1. The average molecular weight is 230 g/mol. The van der Waals surface area contributed by atoms with Crippen molar-refractivity contribution < 1.29 is 9.47 Å². The van der Waals surface area contributed by atoms with E-state index in [-0.39, 0.29) is 0 Å². The standard InChI is InChI=1S/C11H16ClNO2/c1-4-15-11-5-8(7-13-2)9(12)6-10(11)14-3/h5-6,13H,4,7H2,1-3H3. The second-order valence-corrected chi connectivity index (χ2v) is 3.47. The molecule has 0 bridgehead atoms. The zero-order valence-electron chi connectivity index (χ0n) is 9.26. The molecule has 1 rings (SSSR count). The number of hydrogen-bond donors (Lipinski definition) is 1. The molecule has 3 nitrogen and oxygen atoms in total. The van der Waals surface area contributed by atoms with Gasteiger partial charge in [0.05, 0.1) is 13.7 Å². The first-order valence-electron chi connectivity index (χ1n) is 4.86. The molecule has 4 heteroatoms. The molecule has 0 amide bonds. The first kappa shape index (κ1) is 12.1. The van der Waals surface area contributed by atoms with Gasteiger partial charge in [0.25, 0.3) is 0 Å². The molecule has 0 atom stereocenters. The first-order chi connectivity index (χ1) is 7.22. The summed E-state index contributed by atoms with van der Waals surface area (Å²) in [5.74, 6) is 1.40. The predicted molar refractivity (Wildman–Crippen MR) is 61.9 cm³/mol. The molecule has 1 aromatic rings. The minimum absolute atomic E-state index is 0.608. The summed E-state index contributed by atoms with van der Waals surface area (Å²) in [6.07, 6.45) is 0. The van der Waals surface area contributed by atoms with Crippen molar-refractivity contribution in [3.8, 4) is 11.5 Å². The maximum absolute atomic E-state index is 6.08. The van der Waals surface area contributed by atoms with Crippen molar-refractivity contribution in [2.45, 2.75) is 13.5 Å². The summed E-state index contributed by atoms with van der Waals surface area (Å²) in [5, 5.41) is 3.74. The van der Waals surface area contributed by atoms with Gasteiger partial charge in [-0.15, -0.1) is 0 Å². The van der Waals surface area contributed by atoms with Crippen molar-refractivity contribution in [3.63, 3.8) is 0 Å². The van der Waals surface area contributed by atoms with Gasteiger partial charge >= 0.3 is 0 Å². The van der Waals surface area contributed by atoms with Gasteiger partial charge in [-0.3, -0.25) is 0 Å². The van der Waals surface area contributed by atoms with Gasteiger partial charge in [-0.25, -0.2) is 0 Å². The van der Waals surface area contributed by atoms with Crippen molar-refractivity contribution in [3.05, 3.63) is 22.7 Å². The Morgan fingerprint density at radius 1 is 1.33 bits per heavy atom. The van der Waals surface area contributed by atoms with Crippen LogP contribution >= 0.6 is 11.6 Å². The fourth-order valence-electron chi connectivity index (χ4n) is 1.33. The smallest absolute Gasteiger partial charge is 0.162 e. The molecular formula is C11H16ClNO2. The summed E-state index contributed by atoms with van der Waals surface area (Å²) in [5.41, 5.74) is 1.00. The molecule has 0 aliphatic rings. The zero-order chi connectivity index (χ0) is 11.3. The highest BCUT2D eigenvalue weighted by Gasteiger charge is 2.09. The van der Waals surface area contributed by atoms with Crippen LogP contribution in [0.2, 0.25) is 5.02 Å². The Morgan fingerprint density at radius 3 is 2.60 bits per heavy atom. The Kier molecular flexibility index (Phi) is 4.72. The van der Waals surface area contributed by atoms with Crippen LogP contribution in [0.3, 0.4) is 0 Å². The summed E-state index contributed by atoms with van der Waals surface area (Å²) in [6, 6.07) is 3.68. The Bertz CT molecular complexity index is 329. The Labute approximate surface area is 95.3 Å². The quantitative estimate of drug-likeness (QED) is 0.842. The van der Waals surface area contributed by atoms with E-state index < -0.39 is 0 Å². The van der Waals surface area contributed by atoms with Gasteiger partial charge in [0.2, 0.25) is 0 Å². The molecule has 0 saturated heterocycles. The molecular weight excluding hydrogens is 214 g/mol. The molecule has 0 heterocycles. The number of rotatable bonds is 5. The van der Waals surface area contributed by atoms with Crippen LogP contribution in [0.5, 0.6) is 11.5 Å². The summed E-state index contributed by atoms with van der Waals surface area (Å²) in [7, 11) is 3.48. The lowest BCUT2D eigenvalue weighted by atomic mass is 10.2. The van der Waals surface area contributed by atoms with Crippen molar-refractivity contribution in [1.82, 2.24) is 5.32 Å². The highest BCUT2D eigenvalue weighted by molar-refractivity contribution is 6.31. The van der Waals surface area contributed by atoms with Crippen molar-refractivity contribution >= 4 is 11.6 Å². The van der Waals surface area contributed by atoms with E-state index in [4.69, 9.17) is 21.1 Å². The van der Waals surface area contributed by atoms with Crippen molar-refractivity contribution in [2.24, 2.45) is 0 Å². The van der Waals surface area contributed by atoms with Crippen molar-refractivity contribution in [1.29, 1.82) is 0 Å². The van der Waals surface area contributed by atoms with Gasteiger partial charge < -0.3 is 14.8 Å². The first-order valence-corrected chi connectivity index (χ1v) is 5.24. The maximum atomic E-state index is 6.08. The van der Waals surface area contributed by atoms with Crippen LogP contribution in [0, 0.1) is 0 Å². The largest absolute Gasteiger partial charge is 0.493 e. The van der Waals surface area contributed by atoms with Crippen LogP contribution in [0.1, 0.15) is 12.5 Å². The van der Waals surface area contributed by atoms with Gasteiger partial charge in [-0.05, 0) is 25.6 Å². The summed E-state index contributed by atoms with van der Waals surface area (Å²) >= 11 is 6.08.